The minimum atomic E-state index is 0.337. The van der Waals surface area contributed by atoms with Crippen molar-refractivity contribution in [3.05, 3.63) is 54.1 Å². The zero-order chi connectivity index (χ0) is 19.9. The van der Waals surface area contributed by atoms with E-state index in [9.17, 15) is 0 Å². The fraction of sp³-hybridized carbons (Fsp3) is 0.480. The van der Waals surface area contributed by atoms with Crippen LogP contribution in [0.1, 0.15) is 69.8 Å². The number of ether oxygens (including phenoxy) is 1. The molecule has 0 atom stereocenters. The monoisotopic (exact) mass is 379 g/mol. The Kier molecular flexibility index (Phi) is 10.8. The summed E-state index contributed by atoms with van der Waals surface area (Å²) in [6.07, 6.45) is 12.3. The van der Waals surface area contributed by atoms with Crippen LogP contribution in [0.25, 0.3) is 11.1 Å². The third-order valence-electron chi connectivity index (χ3n) is 5.02. The third-order valence-corrected chi connectivity index (χ3v) is 5.02. The van der Waals surface area contributed by atoms with Crippen molar-refractivity contribution in [2.45, 2.75) is 64.2 Å². The third kappa shape index (κ3) is 8.59. The van der Waals surface area contributed by atoms with Gasteiger partial charge in [-0.3, -0.25) is 0 Å². The second-order valence-electron chi connectivity index (χ2n) is 7.32. The molecule has 0 aliphatic rings. The van der Waals surface area contributed by atoms with Gasteiger partial charge in [0, 0.05) is 6.61 Å². The van der Waals surface area contributed by atoms with Crippen LogP contribution in [0.5, 0.6) is 5.75 Å². The molecule has 0 saturated heterocycles. The van der Waals surface area contributed by atoms with Crippen molar-refractivity contribution in [2.75, 3.05) is 13.2 Å². The van der Waals surface area contributed by atoms with Crippen LogP contribution in [0.15, 0.2) is 48.5 Å². The van der Waals surface area contributed by atoms with Gasteiger partial charge in [0.2, 0.25) is 0 Å². The van der Waals surface area contributed by atoms with Crippen LogP contribution in [0.2, 0.25) is 0 Å². The number of nitriles is 1. The lowest BCUT2D eigenvalue weighted by atomic mass is 10.0. The Labute approximate surface area is 170 Å². The van der Waals surface area contributed by atoms with E-state index in [4.69, 9.17) is 15.1 Å². The molecular formula is C25H33NO2. The number of aliphatic hydroxyl groups is 1. The summed E-state index contributed by atoms with van der Waals surface area (Å²) in [6.45, 7) is 1.11. The van der Waals surface area contributed by atoms with Crippen molar-refractivity contribution < 1.29 is 9.84 Å². The second kappa shape index (κ2) is 13.8. The minimum absolute atomic E-state index is 0.337. The van der Waals surface area contributed by atoms with E-state index in [0.717, 1.165) is 36.3 Å². The Morgan fingerprint density at radius 2 is 1.11 bits per heavy atom. The van der Waals surface area contributed by atoms with Gasteiger partial charge in [0.1, 0.15) is 5.75 Å². The van der Waals surface area contributed by atoms with Crippen LogP contribution in [0.3, 0.4) is 0 Å². The number of nitrogens with zero attached hydrogens (tertiary/aromatic N) is 1. The SMILES string of the molecule is N#Cc1ccc(-c2ccc(OCCCCCCCCCCCCO)cc2)cc1. The molecule has 0 aliphatic heterocycles. The summed E-state index contributed by atoms with van der Waals surface area (Å²) in [5, 5.41) is 17.6. The lowest BCUT2D eigenvalue weighted by Gasteiger charge is -2.08. The van der Waals surface area contributed by atoms with Gasteiger partial charge in [-0.25, -0.2) is 0 Å². The maximum Gasteiger partial charge on any atom is 0.119 e. The summed E-state index contributed by atoms with van der Waals surface area (Å²) in [5.41, 5.74) is 2.92. The highest BCUT2D eigenvalue weighted by molar-refractivity contribution is 5.64. The number of unbranched alkanes of at least 4 members (excludes halogenated alkanes) is 9. The summed E-state index contributed by atoms with van der Waals surface area (Å²) in [6, 6.07) is 18.0. The van der Waals surface area contributed by atoms with E-state index < -0.39 is 0 Å². The number of hydrogen-bond donors (Lipinski definition) is 1. The van der Waals surface area contributed by atoms with E-state index >= 15 is 0 Å². The molecule has 0 heterocycles. The topological polar surface area (TPSA) is 53.2 Å². The van der Waals surface area contributed by atoms with Gasteiger partial charge in [-0.05, 0) is 48.2 Å². The Hall–Kier alpha value is -2.31. The van der Waals surface area contributed by atoms with Crippen LogP contribution < -0.4 is 4.74 Å². The maximum absolute atomic E-state index is 8.87. The Balaban J connectivity index is 1.53. The molecule has 0 fully saturated rings. The first-order valence-electron chi connectivity index (χ1n) is 10.7. The molecule has 0 unspecified atom stereocenters. The predicted molar refractivity (Wildman–Crippen MR) is 115 cm³/mol. The van der Waals surface area contributed by atoms with Crippen molar-refractivity contribution >= 4 is 0 Å². The van der Waals surface area contributed by atoms with Crippen molar-refractivity contribution in [1.29, 1.82) is 5.26 Å². The molecule has 0 aromatic heterocycles. The lowest BCUT2D eigenvalue weighted by molar-refractivity contribution is 0.282. The van der Waals surface area contributed by atoms with Gasteiger partial charge >= 0.3 is 0 Å². The average Bonchev–Trinajstić information content (AvgIpc) is 2.75. The summed E-state index contributed by atoms with van der Waals surface area (Å²) < 4.78 is 5.85. The van der Waals surface area contributed by atoms with Gasteiger partial charge in [0.05, 0.1) is 18.2 Å². The van der Waals surface area contributed by atoms with Gasteiger partial charge in [0.25, 0.3) is 0 Å². The van der Waals surface area contributed by atoms with E-state index in [1.165, 1.54) is 51.4 Å². The molecule has 3 nitrogen and oxygen atoms in total. The van der Waals surface area contributed by atoms with Crippen LogP contribution in [-0.4, -0.2) is 18.3 Å². The second-order valence-corrected chi connectivity index (χ2v) is 7.32. The van der Waals surface area contributed by atoms with Crippen molar-refractivity contribution in [2.24, 2.45) is 0 Å². The summed E-state index contributed by atoms with van der Waals surface area (Å²) in [4.78, 5) is 0. The zero-order valence-corrected chi connectivity index (χ0v) is 16.9. The van der Waals surface area contributed by atoms with Crippen LogP contribution >= 0.6 is 0 Å². The first-order valence-corrected chi connectivity index (χ1v) is 10.7. The fourth-order valence-electron chi connectivity index (χ4n) is 3.30. The molecule has 0 radical (unpaired) electrons. The van der Waals surface area contributed by atoms with Crippen LogP contribution in [-0.2, 0) is 0 Å². The fourth-order valence-corrected chi connectivity index (χ4v) is 3.30. The zero-order valence-electron chi connectivity index (χ0n) is 16.9. The van der Waals surface area contributed by atoms with Crippen molar-refractivity contribution in [1.82, 2.24) is 0 Å². The van der Waals surface area contributed by atoms with Gasteiger partial charge in [-0.15, -0.1) is 0 Å². The summed E-state index contributed by atoms with van der Waals surface area (Å²) >= 11 is 0. The number of hydrogen-bond acceptors (Lipinski definition) is 3. The summed E-state index contributed by atoms with van der Waals surface area (Å²) in [5.74, 6) is 0.917. The first-order chi connectivity index (χ1) is 13.8. The van der Waals surface area contributed by atoms with E-state index in [-0.39, 0.29) is 0 Å². The predicted octanol–water partition coefficient (Wildman–Crippen LogP) is 6.50. The first kappa shape index (κ1) is 22.0. The molecule has 0 saturated carbocycles. The van der Waals surface area contributed by atoms with Gasteiger partial charge in [0.15, 0.2) is 0 Å². The Bertz CT molecular complexity index is 686. The van der Waals surface area contributed by atoms with Gasteiger partial charge in [-0.2, -0.15) is 5.26 Å². The van der Waals surface area contributed by atoms with Gasteiger partial charge in [-0.1, -0.05) is 75.6 Å². The molecule has 2 rings (SSSR count). The molecule has 2 aromatic rings. The Morgan fingerprint density at radius 1 is 0.643 bits per heavy atom. The Morgan fingerprint density at radius 3 is 1.61 bits per heavy atom. The normalized spacial score (nSPS) is 10.6. The smallest absolute Gasteiger partial charge is 0.119 e. The molecular weight excluding hydrogens is 346 g/mol. The molecule has 2 aromatic carbocycles. The van der Waals surface area contributed by atoms with Crippen LogP contribution in [0, 0.1) is 11.3 Å². The maximum atomic E-state index is 8.87. The number of benzene rings is 2. The highest BCUT2D eigenvalue weighted by Gasteiger charge is 2.00. The molecule has 0 amide bonds. The van der Waals surface area contributed by atoms with Crippen molar-refractivity contribution in [3.8, 4) is 22.9 Å². The number of aliphatic hydroxyl groups excluding tert-OH is 1. The number of rotatable bonds is 14. The van der Waals surface area contributed by atoms with Crippen molar-refractivity contribution in [3.63, 3.8) is 0 Å². The standard InChI is InChI=1S/C25H33NO2/c26-21-22-11-13-23(14-12-22)24-15-17-25(18-16-24)28-20-10-8-6-4-2-1-3-5-7-9-19-27/h11-18,27H,1-10,19-20H2. The highest BCUT2D eigenvalue weighted by Crippen LogP contribution is 2.23. The van der Waals surface area contributed by atoms with Crippen LogP contribution in [0.4, 0.5) is 0 Å². The molecule has 0 bridgehead atoms. The quantitative estimate of drug-likeness (QED) is 0.381. The largest absolute Gasteiger partial charge is 0.494 e. The highest BCUT2D eigenvalue weighted by atomic mass is 16.5. The lowest BCUT2D eigenvalue weighted by Crippen LogP contribution is -1.97. The van der Waals surface area contributed by atoms with E-state index in [2.05, 4.69) is 18.2 Å². The minimum Gasteiger partial charge on any atom is -0.494 e. The molecule has 0 spiro atoms. The average molecular weight is 380 g/mol. The molecule has 3 heteroatoms. The summed E-state index contributed by atoms with van der Waals surface area (Å²) in [7, 11) is 0. The molecule has 150 valence electrons. The molecule has 0 aliphatic carbocycles. The molecule has 28 heavy (non-hydrogen) atoms. The van der Waals surface area contributed by atoms with E-state index in [1.807, 2.05) is 36.4 Å². The van der Waals surface area contributed by atoms with E-state index in [1.54, 1.807) is 0 Å². The van der Waals surface area contributed by atoms with E-state index in [0.29, 0.717) is 12.2 Å². The van der Waals surface area contributed by atoms with Gasteiger partial charge < -0.3 is 9.84 Å². The molecule has 1 N–H and O–H groups in total.